The third-order valence-electron chi connectivity index (χ3n) is 3.75. The van der Waals surface area contributed by atoms with Crippen molar-refractivity contribution >= 4 is 16.6 Å². The van der Waals surface area contributed by atoms with Gasteiger partial charge >= 0.3 is 0 Å². The maximum Gasteiger partial charge on any atom is 0.134 e. The number of anilines is 1. The number of hydrogen-bond acceptors (Lipinski definition) is 3. The van der Waals surface area contributed by atoms with Crippen molar-refractivity contribution in [2.45, 2.75) is 32.2 Å². The van der Waals surface area contributed by atoms with Crippen LogP contribution >= 0.6 is 0 Å². The Labute approximate surface area is 114 Å². The number of fused-ring (bicyclic) bond motifs is 1. The first kappa shape index (κ1) is 12.3. The van der Waals surface area contributed by atoms with Crippen LogP contribution in [0.15, 0.2) is 30.5 Å². The molecule has 1 atom stereocenters. The smallest absolute Gasteiger partial charge is 0.134 e. The number of methoxy groups -OCH3 is 1. The number of pyridine rings is 1. The molecule has 1 aromatic heterocycles. The first-order valence-corrected chi connectivity index (χ1v) is 6.96. The molecule has 1 N–H and O–H groups in total. The topological polar surface area (TPSA) is 34.1 Å². The van der Waals surface area contributed by atoms with Gasteiger partial charge in [0.15, 0.2) is 0 Å². The van der Waals surface area contributed by atoms with Gasteiger partial charge < -0.3 is 10.1 Å². The normalized spacial score (nSPS) is 16.3. The Kier molecular flexibility index (Phi) is 3.28. The summed E-state index contributed by atoms with van der Waals surface area (Å²) in [4.78, 5) is 4.48. The van der Waals surface area contributed by atoms with Crippen LogP contribution < -0.4 is 10.1 Å². The Morgan fingerprint density at radius 1 is 1.32 bits per heavy atom. The zero-order valence-corrected chi connectivity index (χ0v) is 11.5. The predicted octanol–water partition coefficient (Wildman–Crippen LogP) is 3.84. The SMILES string of the molecule is COc1cccc2c(NC(C)CC3CC3)nccc12. The van der Waals surface area contributed by atoms with Crippen LogP contribution in [0, 0.1) is 5.92 Å². The summed E-state index contributed by atoms with van der Waals surface area (Å²) in [5.74, 6) is 2.79. The Morgan fingerprint density at radius 3 is 2.89 bits per heavy atom. The van der Waals surface area contributed by atoms with E-state index in [0.29, 0.717) is 6.04 Å². The number of nitrogens with one attached hydrogen (secondary N) is 1. The average Bonchev–Trinajstić information content (AvgIpc) is 3.22. The monoisotopic (exact) mass is 256 g/mol. The Hall–Kier alpha value is -1.77. The molecule has 3 heteroatoms. The second kappa shape index (κ2) is 5.08. The van der Waals surface area contributed by atoms with Crippen molar-refractivity contribution in [2.24, 2.45) is 5.92 Å². The summed E-state index contributed by atoms with van der Waals surface area (Å²) in [6.07, 6.45) is 5.87. The maximum atomic E-state index is 5.41. The summed E-state index contributed by atoms with van der Waals surface area (Å²) in [5.41, 5.74) is 0. The van der Waals surface area contributed by atoms with Crippen LogP contribution in [0.25, 0.3) is 10.8 Å². The summed E-state index contributed by atoms with van der Waals surface area (Å²) in [6, 6.07) is 8.57. The van der Waals surface area contributed by atoms with Gasteiger partial charge in [0.05, 0.1) is 7.11 Å². The Balaban J connectivity index is 1.89. The molecule has 1 aliphatic rings. The van der Waals surface area contributed by atoms with Crippen molar-refractivity contribution in [3.8, 4) is 5.75 Å². The third kappa shape index (κ3) is 2.65. The van der Waals surface area contributed by atoms with Gasteiger partial charge in [-0.15, -0.1) is 0 Å². The minimum Gasteiger partial charge on any atom is -0.496 e. The molecule has 19 heavy (non-hydrogen) atoms. The number of aromatic nitrogens is 1. The van der Waals surface area contributed by atoms with E-state index in [1.54, 1.807) is 7.11 Å². The lowest BCUT2D eigenvalue weighted by molar-refractivity contribution is 0.420. The fourth-order valence-electron chi connectivity index (χ4n) is 2.62. The standard InChI is InChI=1S/C16H20N2O/c1-11(10-12-6-7-12)18-16-14-4-3-5-15(19-2)13(14)8-9-17-16/h3-5,8-9,11-12H,6-7,10H2,1-2H3,(H,17,18). The van der Waals surface area contributed by atoms with Gasteiger partial charge in [-0.2, -0.15) is 0 Å². The Bertz CT molecular complexity index is 578. The highest BCUT2D eigenvalue weighted by molar-refractivity contribution is 5.95. The fraction of sp³-hybridized carbons (Fsp3) is 0.438. The number of rotatable bonds is 5. The van der Waals surface area contributed by atoms with E-state index in [1.165, 1.54) is 19.3 Å². The molecular weight excluding hydrogens is 236 g/mol. The quantitative estimate of drug-likeness (QED) is 0.882. The van der Waals surface area contributed by atoms with Crippen molar-refractivity contribution in [1.29, 1.82) is 0 Å². The van der Waals surface area contributed by atoms with E-state index in [4.69, 9.17) is 4.74 Å². The molecule has 1 heterocycles. The molecule has 0 bridgehead atoms. The van der Waals surface area contributed by atoms with Crippen molar-refractivity contribution in [1.82, 2.24) is 4.98 Å². The lowest BCUT2D eigenvalue weighted by atomic mass is 10.1. The van der Waals surface area contributed by atoms with Crippen molar-refractivity contribution in [2.75, 3.05) is 12.4 Å². The molecule has 0 aliphatic heterocycles. The second-order valence-corrected chi connectivity index (χ2v) is 5.44. The molecule has 2 aromatic rings. The third-order valence-corrected chi connectivity index (χ3v) is 3.75. The van der Waals surface area contributed by atoms with Crippen molar-refractivity contribution in [3.05, 3.63) is 30.5 Å². The minimum absolute atomic E-state index is 0.469. The first-order chi connectivity index (χ1) is 9.28. The molecule has 0 saturated heterocycles. The van der Waals surface area contributed by atoms with Gasteiger partial charge in [0.1, 0.15) is 11.6 Å². The van der Waals surface area contributed by atoms with Gasteiger partial charge in [-0.05, 0) is 31.4 Å². The van der Waals surface area contributed by atoms with Crippen molar-refractivity contribution < 1.29 is 4.74 Å². The van der Waals surface area contributed by atoms with Gasteiger partial charge in [-0.1, -0.05) is 25.0 Å². The highest BCUT2D eigenvalue weighted by Crippen LogP contribution is 2.35. The lowest BCUT2D eigenvalue weighted by Gasteiger charge is -2.16. The molecule has 1 fully saturated rings. The van der Waals surface area contributed by atoms with Gasteiger partial charge in [0.2, 0.25) is 0 Å². The predicted molar refractivity (Wildman–Crippen MR) is 78.7 cm³/mol. The van der Waals surface area contributed by atoms with Gasteiger partial charge in [-0.3, -0.25) is 0 Å². The van der Waals surface area contributed by atoms with Crippen LogP contribution in [0.3, 0.4) is 0 Å². The van der Waals surface area contributed by atoms with E-state index in [1.807, 2.05) is 24.4 Å². The van der Waals surface area contributed by atoms with E-state index in [-0.39, 0.29) is 0 Å². The van der Waals surface area contributed by atoms with Crippen LogP contribution in [0.4, 0.5) is 5.82 Å². The zero-order valence-electron chi connectivity index (χ0n) is 11.5. The molecule has 1 unspecified atom stereocenters. The molecule has 1 aliphatic carbocycles. The summed E-state index contributed by atoms with van der Waals surface area (Å²) >= 11 is 0. The fourth-order valence-corrected chi connectivity index (χ4v) is 2.62. The molecular formula is C16H20N2O. The van der Waals surface area contributed by atoms with Crippen LogP contribution in [-0.4, -0.2) is 18.1 Å². The molecule has 1 saturated carbocycles. The maximum absolute atomic E-state index is 5.41. The van der Waals surface area contributed by atoms with E-state index < -0.39 is 0 Å². The first-order valence-electron chi connectivity index (χ1n) is 6.96. The molecule has 0 spiro atoms. The van der Waals surface area contributed by atoms with E-state index in [0.717, 1.165) is 28.3 Å². The van der Waals surface area contributed by atoms with Crippen LogP contribution in [-0.2, 0) is 0 Å². The van der Waals surface area contributed by atoms with Gasteiger partial charge in [0.25, 0.3) is 0 Å². The molecule has 3 nitrogen and oxygen atoms in total. The van der Waals surface area contributed by atoms with E-state index in [2.05, 4.69) is 23.3 Å². The number of nitrogens with zero attached hydrogens (tertiary/aromatic N) is 1. The van der Waals surface area contributed by atoms with Gasteiger partial charge in [0, 0.05) is 23.0 Å². The van der Waals surface area contributed by atoms with Crippen LogP contribution in [0.2, 0.25) is 0 Å². The molecule has 3 rings (SSSR count). The zero-order chi connectivity index (χ0) is 13.2. The summed E-state index contributed by atoms with van der Waals surface area (Å²) in [6.45, 7) is 2.24. The van der Waals surface area contributed by atoms with Crippen LogP contribution in [0.5, 0.6) is 5.75 Å². The van der Waals surface area contributed by atoms with Crippen molar-refractivity contribution in [3.63, 3.8) is 0 Å². The molecule has 0 amide bonds. The van der Waals surface area contributed by atoms with Gasteiger partial charge in [-0.25, -0.2) is 4.98 Å². The lowest BCUT2D eigenvalue weighted by Crippen LogP contribution is -2.16. The highest BCUT2D eigenvalue weighted by Gasteiger charge is 2.23. The summed E-state index contributed by atoms with van der Waals surface area (Å²) < 4.78 is 5.41. The Morgan fingerprint density at radius 2 is 2.16 bits per heavy atom. The molecule has 1 aromatic carbocycles. The molecule has 0 radical (unpaired) electrons. The number of ether oxygens (including phenoxy) is 1. The van der Waals surface area contributed by atoms with Crippen LogP contribution in [0.1, 0.15) is 26.2 Å². The summed E-state index contributed by atoms with van der Waals surface area (Å²) in [5, 5.41) is 5.78. The number of benzene rings is 1. The number of hydrogen-bond donors (Lipinski definition) is 1. The minimum atomic E-state index is 0.469. The largest absolute Gasteiger partial charge is 0.496 e. The highest BCUT2D eigenvalue weighted by atomic mass is 16.5. The second-order valence-electron chi connectivity index (χ2n) is 5.44. The summed E-state index contributed by atoms with van der Waals surface area (Å²) in [7, 11) is 1.71. The van der Waals surface area contributed by atoms with E-state index >= 15 is 0 Å². The molecule has 100 valence electrons. The van der Waals surface area contributed by atoms with E-state index in [9.17, 15) is 0 Å². The average molecular weight is 256 g/mol.